The van der Waals surface area contributed by atoms with Crippen molar-refractivity contribution in [1.82, 2.24) is 0 Å². The van der Waals surface area contributed by atoms with Gasteiger partial charge in [-0.05, 0) is 24.0 Å². The molecule has 0 N–H and O–H groups in total. The molecule has 1 rings (SSSR count). The molecule has 1 atom stereocenters. The van der Waals surface area contributed by atoms with Gasteiger partial charge in [-0.15, -0.1) is 6.42 Å². The van der Waals surface area contributed by atoms with Crippen molar-refractivity contribution in [3.05, 3.63) is 87.9 Å². The zero-order chi connectivity index (χ0) is 26.3. The molecule has 33 heavy (non-hydrogen) atoms. The smallest absolute Gasteiger partial charge is 0 e. The molecule has 0 fully saturated rings. The van der Waals surface area contributed by atoms with Gasteiger partial charge in [0.25, 0.3) is 10.1 Å². The van der Waals surface area contributed by atoms with Crippen LogP contribution in [0.1, 0.15) is 18.4 Å². The Morgan fingerprint density at radius 2 is 1.30 bits per heavy atom. The normalized spacial score (nSPS) is 7.64. The quantitative estimate of drug-likeness (QED) is 0.215. The van der Waals surface area contributed by atoms with Crippen LogP contribution in [0, 0.1) is 52.2 Å². The molecule has 0 aliphatic rings. The third-order valence-electron chi connectivity index (χ3n) is 2.59. The average molecular weight is 564 g/mol. The molecule has 1 aromatic rings. The van der Waals surface area contributed by atoms with Crippen LogP contribution in [-0.4, -0.2) is 20.8 Å². The number of hydrogen-bond donors (Lipinski definition) is 0. The fourth-order valence-corrected chi connectivity index (χ4v) is 2.40. The molecule has 0 aromatic heterocycles. The van der Waals surface area contributed by atoms with Gasteiger partial charge >= 0.3 is 67.8 Å². The molecular formula is C21H18Co2O9S. The summed E-state index contributed by atoms with van der Waals surface area (Å²) in [5.74, 6) is 2.41. The Morgan fingerprint density at radius 1 is 0.939 bits per heavy atom. The van der Waals surface area contributed by atoms with Gasteiger partial charge in [0, 0.05) is 40.0 Å². The number of aryl methyl sites for hydroxylation is 1. The van der Waals surface area contributed by atoms with Crippen molar-refractivity contribution in [2.75, 3.05) is 6.26 Å². The Balaban J connectivity index is -0.0000000646. The molecule has 1 aromatic carbocycles. The monoisotopic (exact) mass is 564 g/mol. The van der Waals surface area contributed by atoms with E-state index in [9.17, 15) is 8.42 Å². The van der Waals surface area contributed by atoms with Crippen molar-refractivity contribution in [3.8, 4) is 12.3 Å². The fraction of sp³-hybridized carbons (Fsp3) is 0.238. The van der Waals surface area contributed by atoms with E-state index in [-0.39, 0.29) is 33.6 Å². The van der Waals surface area contributed by atoms with E-state index < -0.39 is 16.2 Å². The summed E-state index contributed by atoms with van der Waals surface area (Å²) < 4.78 is 72.5. The predicted octanol–water partition coefficient (Wildman–Crippen LogP) is 2.31. The summed E-state index contributed by atoms with van der Waals surface area (Å²) in [5.41, 5.74) is 1.68. The standard InChI is InChI=1S/C15H18O3S.6CO.2Co/c1-4-13(2)12-15(18-19(3,16)17)11-10-14-8-6-5-7-9-14;6*1-2;;/h1,5-9,15H,2,10-12H2,3H3;;;;;;;;. The zero-order valence-corrected chi connectivity index (χ0v) is 20.0. The molecule has 0 aliphatic heterocycles. The van der Waals surface area contributed by atoms with Crippen LogP contribution in [0.5, 0.6) is 0 Å². The Morgan fingerprint density at radius 3 is 1.61 bits per heavy atom. The van der Waals surface area contributed by atoms with Gasteiger partial charge in [-0.25, -0.2) is 0 Å². The van der Waals surface area contributed by atoms with Gasteiger partial charge in [0.05, 0.1) is 12.4 Å². The molecular weight excluding hydrogens is 546 g/mol. The van der Waals surface area contributed by atoms with Crippen LogP contribution in [-0.2, 0) is 82.2 Å². The van der Waals surface area contributed by atoms with Crippen LogP contribution in [0.15, 0.2) is 42.5 Å². The summed E-state index contributed by atoms with van der Waals surface area (Å²) in [7, 11) is -3.49. The first kappa shape index (κ1) is 52.7. The van der Waals surface area contributed by atoms with Gasteiger partial charge in [0.2, 0.25) is 0 Å². The Hall–Kier alpha value is -2.12. The van der Waals surface area contributed by atoms with E-state index in [1.54, 1.807) is 0 Å². The summed E-state index contributed by atoms with van der Waals surface area (Å²) >= 11 is 0. The average Bonchev–Trinajstić information content (AvgIpc) is 2.85. The van der Waals surface area contributed by atoms with Gasteiger partial charge in [0.1, 0.15) is 0 Å². The molecule has 180 valence electrons. The molecule has 12 heteroatoms. The first-order valence-electron chi connectivity index (χ1n) is 7.20. The second kappa shape index (κ2) is 47.6. The van der Waals surface area contributed by atoms with Crippen LogP contribution in [0.3, 0.4) is 0 Å². The fourth-order valence-electron chi connectivity index (χ4n) is 1.74. The topological polar surface area (TPSA) is 163 Å². The van der Waals surface area contributed by atoms with E-state index in [4.69, 9.17) is 38.5 Å². The van der Waals surface area contributed by atoms with Crippen molar-refractivity contribution < 1.29 is 74.1 Å². The largest absolute Gasteiger partial charge is 0 e. The van der Waals surface area contributed by atoms with Crippen LogP contribution >= 0.6 is 0 Å². The van der Waals surface area contributed by atoms with Crippen LogP contribution in [0.25, 0.3) is 0 Å². The maximum Gasteiger partial charge on any atom is 0 e. The molecule has 0 aliphatic carbocycles. The first-order valence-corrected chi connectivity index (χ1v) is 9.01. The summed E-state index contributed by atoms with van der Waals surface area (Å²) in [6.07, 6.45) is 7.49. The zero-order valence-electron chi connectivity index (χ0n) is 17.1. The maximum atomic E-state index is 11.2. The van der Waals surface area contributed by atoms with E-state index in [1.165, 1.54) is 0 Å². The first-order chi connectivity index (χ1) is 14.9. The summed E-state index contributed by atoms with van der Waals surface area (Å²) in [6, 6.07) is 9.82. The number of hydrogen-bond acceptors (Lipinski definition) is 3. The molecule has 0 bridgehead atoms. The second-order valence-corrected chi connectivity index (χ2v) is 6.00. The minimum atomic E-state index is -3.49. The Bertz CT molecular complexity index is 770. The van der Waals surface area contributed by atoms with Gasteiger partial charge in [0.15, 0.2) is 0 Å². The summed E-state index contributed by atoms with van der Waals surface area (Å²) in [6.45, 7) is 30.7. The number of benzene rings is 1. The molecule has 9 nitrogen and oxygen atoms in total. The van der Waals surface area contributed by atoms with Gasteiger partial charge in [-0.3, -0.25) is 4.18 Å². The maximum absolute atomic E-state index is 11.2. The van der Waals surface area contributed by atoms with Gasteiger partial charge in [-0.2, -0.15) is 8.42 Å². The number of terminal acetylenes is 1. The molecule has 0 spiro atoms. The van der Waals surface area contributed by atoms with E-state index in [2.05, 4.69) is 52.4 Å². The third kappa shape index (κ3) is 48.5. The summed E-state index contributed by atoms with van der Waals surface area (Å²) in [5, 5.41) is 0. The van der Waals surface area contributed by atoms with Crippen molar-refractivity contribution in [2.24, 2.45) is 0 Å². The van der Waals surface area contributed by atoms with Crippen LogP contribution in [0.2, 0.25) is 0 Å². The second-order valence-electron chi connectivity index (χ2n) is 4.40. The minimum Gasteiger partial charge on any atom is 0 e. The molecule has 1 unspecified atom stereocenters. The molecule has 0 saturated carbocycles. The van der Waals surface area contributed by atoms with Crippen molar-refractivity contribution in [3.63, 3.8) is 0 Å². The third-order valence-corrected chi connectivity index (χ3v) is 3.21. The van der Waals surface area contributed by atoms with Gasteiger partial charge < -0.3 is 0 Å². The van der Waals surface area contributed by atoms with Crippen molar-refractivity contribution in [2.45, 2.75) is 25.4 Å². The number of rotatable bonds is 7. The van der Waals surface area contributed by atoms with E-state index in [1.807, 2.05) is 30.3 Å². The predicted molar refractivity (Wildman–Crippen MR) is 101 cm³/mol. The minimum absolute atomic E-state index is 0. The SMILES string of the molecule is C#CC(=C)CC(CCc1ccccc1)OS(C)(=O)=O.[C-]#[O+].[C-]#[O+].[C-]#[O+].[C-]#[O+].[C-]#[O+].[C-]#[O+].[Co].[Co]. The molecule has 0 saturated heterocycles. The van der Waals surface area contributed by atoms with E-state index in [0.717, 1.165) is 18.2 Å². The van der Waals surface area contributed by atoms with E-state index >= 15 is 0 Å². The van der Waals surface area contributed by atoms with Crippen LogP contribution < -0.4 is 0 Å². The van der Waals surface area contributed by atoms with E-state index in [0.29, 0.717) is 18.4 Å². The van der Waals surface area contributed by atoms with Crippen molar-refractivity contribution in [1.29, 1.82) is 0 Å². The Labute approximate surface area is 215 Å². The molecule has 2 radical (unpaired) electrons. The van der Waals surface area contributed by atoms with Gasteiger partial charge in [-0.1, -0.05) is 42.8 Å². The summed E-state index contributed by atoms with van der Waals surface area (Å²) in [4.78, 5) is 0. The van der Waals surface area contributed by atoms with Crippen molar-refractivity contribution >= 4 is 10.1 Å². The van der Waals surface area contributed by atoms with Crippen LogP contribution in [0.4, 0.5) is 0 Å². The Kier molecular flexibility index (Phi) is 76.0. The molecule has 0 heterocycles. The molecule has 0 amide bonds.